The fraction of sp³-hybridized carbons (Fsp3) is 0.150. The SMILES string of the molecule is C=CCc1cccc2c1C(=O)c1ccccc1C2(N)CC=C. The zero-order valence-electron chi connectivity index (χ0n) is 12.5. The number of nitrogens with two attached hydrogens (primary N) is 1. The third-order valence-electron chi connectivity index (χ3n) is 4.34. The van der Waals surface area contributed by atoms with E-state index >= 15 is 0 Å². The van der Waals surface area contributed by atoms with Crippen molar-refractivity contribution in [1.82, 2.24) is 0 Å². The van der Waals surface area contributed by atoms with E-state index in [1.54, 1.807) is 0 Å². The van der Waals surface area contributed by atoms with Crippen LogP contribution in [0.3, 0.4) is 0 Å². The fourth-order valence-electron chi connectivity index (χ4n) is 3.36. The van der Waals surface area contributed by atoms with Crippen molar-refractivity contribution in [2.75, 3.05) is 0 Å². The highest BCUT2D eigenvalue weighted by Gasteiger charge is 2.40. The average Bonchev–Trinajstić information content (AvgIpc) is 2.53. The van der Waals surface area contributed by atoms with Gasteiger partial charge in [0.15, 0.2) is 5.78 Å². The molecule has 2 heteroatoms. The van der Waals surface area contributed by atoms with E-state index in [4.69, 9.17) is 5.73 Å². The topological polar surface area (TPSA) is 43.1 Å². The lowest BCUT2D eigenvalue weighted by Gasteiger charge is -2.37. The van der Waals surface area contributed by atoms with Crippen LogP contribution in [0.5, 0.6) is 0 Å². The summed E-state index contributed by atoms with van der Waals surface area (Å²) in [7, 11) is 0. The van der Waals surface area contributed by atoms with Crippen molar-refractivity contribution in [3.8, 4) is 0 Å². The first-order valence-corrected chi connectivity index (χ1v) is 7.40. The van der Waals surface area contributed by atoms with Crippen molar-refractivity contribution in [3.05, 3.63) is 95.6 Å². The second-order valence-electron chi connectivity index (χ2n) is 5.67. The molecular weight excluding hydrogens is 270 g/mol. The van der Waals surface area contributed by atoms with E-state index < -0.39 is 5.54 Å². The summed E-state index contributed by atoms with van der Waals surface area (Å²) in [4.78, 5) is 13.0. The van der Waals surface area contributed by atoms with Crippen LogP contribution in [0.15, 0.2) is 67.8 Å². The van der Waals surface area contributed by atoms with E-state index in [1.165, 1.54) is 0 Å². The smallest absolute Gasteiger partial charge is 0.194 e. The van der Waals surface area contributed by atoms with Crippen molar-refractivity contribution in [2.45, 2.75) is 18.4 Å². The van der Waals surface area contributed by atoms with E-state index in [1.807, 2.05) is 54.6 Å². The Bertz CT molecular complexity index is 775. The molecular formula is C20H19NO. The standard InChI is InChI=1S/C20H19NO/c1-3-8-14-9-7-12-17-18(14)19(22)15-10-5-6-11-16(15)20(17,21)13-4-2/h3-7,9-12H,1-2,8,13,21H2. The number of ketones is 1. The van der Waals surface area contributed by atoms with Crippen LogP contribution in [0, 0.1) is 0 Å². The number of rotatable bonds is 4. The molecule has 2 nitrogen and oxygen atoms in total. The number of hydrogen-bond donors (Lipinski definition) is 1. The van der Waals surface area contributed by atoms with Gasteiger partial charge in [-0.3, -0.25) is 4.79 Å². The highest BCUT2D eigenvalue weighted by Crippen LogP contribution is 2.41. The van der Waals surface area contributed by atoms with E-state index in [-0.39, 0.29) is 5.78 Å². The molecule has 1 atom stereocenters. The minimum absolute atomic E-state index is 0.0492. The molecule has 1 unspecified atom stereocenters. The molecule has 0 heterocycles. The first kappa shape index (κ1) is 14.5. The Balaban J connectivity index is 2.35. The monoisotopic (exact) mass is 289 g/mol. The molecule has 2 aromatic carbocycles. The molecule has 0 bridgehead atoms. The van der Waals surface area contributed by atoms with E-state index in [0.29, 0.717) is 18.4 Å². The van der Waals surface area contributed by atoms with Gasteiger partial charge in [-0.2, -0.15) is 0 Å². The Morgan fingerprint density at radius 2 is 1.73 bits per heavy atom. The van der Waals surface area contributed by atoms with Crippen LogP contribution in [-0.4, -0.2) is 5.78 Å². The maximum atomic E-state index is 13.0. The summed E-state index contributed by atoms with van der Waals surface area (Å²) in [5.41, 5.74) is 10.2. The molecule has 0 fully saturated rings. The summed E-state index contributed by atoms with van der Waals surface area (Å²) in [5, 5.41) is 0. The Morgan fingerprint density at radius 1 is 1.00 bits per heavy atom. The molecule has 0 saturated carbocycles. The first-order chi connectivity index (χ1) is 10.6. The van der Waals surface area contributed by atoms with Gasteiger partial charge in [-0.25, -0.2) is 0 Å². The predicted octanol–water partition coefficient (Wildman–Crippen LogP) is 3.74. The van der Waals surface area contributed by atoms with Crippen LogP contribution < -0.4 is 5.73 Å². The van der Waals surface area contributed by atoms with Crippen LogP contribution in [0.4, 0.5) is 0 Å². The summed E-state index contributed by atoms with van der Waals surface area (Å²) in [6, 6.07) is 13.5. The molecule has 3 rings (SSSR count). The predicted molar refractivity (Wildman–Crippen MR) is 90.0 cm³/mol. The molecule has 22 heavy (non-hydrogen) atoms. The third-order valence-corrected chi connectivity index (χ3v) is 4.34. The van der Waals surface area contributed by atoms with Crippen LogP contribution in [0.2, 0.25) is 0 Å². The fourth-order valence-corrected chi connectivity index (χ4v) is 3.36. The Labute approximate surface area is 131 Å². The van der Waals surface area contributed by atoms with Gasteiger partial charge in [0.1, 0.15) is 0 Å². The molecule has 110 valence electrons. The van der Waals surface area contributed by atoms with Gasteiger partial charge in [-0.1, -0.05) is 54.6 Å². The van der Waals surface area contributed by atoms with Crippen LogP contribution >= 0.6 is 0 Å². The van der Waals surface area contributed by atoms with Crippen molar-refractivity contribution in [3.63, 3.8) is 0 Å². The van der Waals surface area contributed by atoms with Gasteiger partial charge in [0.2, 0.25) is 0 Å². The molecule has 1 aliphatic carbocycles. The van der Waals surface area contributed by atoms with Crippen LogP contribution in [-0.2, 0) is 12.0 Å². The second-order valence-corrected chi connectivity index (χ2v) is 5.67. The van der Waals surface area contributed by atoms with E-state index in [2.05, 4.69) is 13.2 Å². The number of allylic oxidation sites excluding steroid dienone is 1. The molecule has 0 saturated heterocycles. The molecule has 2 N–H and O–H groups in total. The largest absolute Gasteiger partial charge is 0.317 e. The third kappa shape index (κ3) is 1.96. The molecule has 2 aromatic rings. The molecule has 0 aromatic heterocycles. The zero-order chi connectivity index (χ0) is 15.7. The maximum absolute atomic E-state index is 13.0. The van der Waals surface area contributed by atoms with Crippen LogP contribution in [0.1, 0.15) is 39.0 Å². The molecule has 0 aliphatic heterocycles. The molecule has 1 aliphatic rings. The Morgan fingerprint density at radius 3 is 2.45 bits per heavy atom. The van der Waals surface area contributed by atoms with E-state index in [9.17, 15) is 4.79 Å². The Hall–Kier alpha value is -2.45. The summed E-state index contributed by atoms with van der Waals surface area (Å²) >= 11 is 0. The zero-order valence-corrected chi connectivity index (χ0v) is 12.5. The molecule has 0 amide bonds. The lowest BCUT2D eigenvalue weighted by Crippen LogP contribution is -2.43. The minimum atomic E-state index is -0.710. The van der Waals surface area contributed by atoms with Gasteiger partial charge < -0.3 is 5.73 Å². The van der Waals surface area contributed by atoms with Gasteiger partial charge in [0, 0.05) is 11.1 Å². The van der Waals surface area contributed by atoms with Gasteiger partial charge in [0.05, 0.1) is 5.54 Å². The van der Waals surface area contributed by atoms with Gasteiger partial charge in [0.25, 0.3) is 0 Å². The van der Waals surface area contributed by atoms with Crippen molar-refractivity contribution in [1.29, 1.82) is 0 Å². The number of fused-ring (bicyclic) bond motifs is 2. The number of carbonyl (C=O) groups is 1. The number of hydrogen-bond acceptors (Lipinski definition) is 2. The van der Waals surface area contributed by atoms with Crippen molar-refractivity contribution < 1.29 is 4.79 Å². The van der Waals surface area contributed by atoms with Crippen molar-refractivity contribution in [2.24, 2.45) is 5.73 Å². The summed E-state index contributed by atoms with van der Waals surface area (Å²) in [6.45, 7) is 7.63. The second kappa shape index (κ2) is 5.39. The average molecular weight is 289 g/mol. The highest BCUT2D eigenvalue weighted by atomic mass is 16.1. The summed E-state index contributed by atoms with van der Waals surface area (Å²) in [6.07, 6.45) is 4.87. The van der Waals surface area contributed by atoms with Gasteiger partial charge in [-0.05, 0) is 29.5 Å². The maximum Gasteiger partial charge on any atom is 0.194 e. The molecule has 0 radical (unpaired) electrons. The molecule has 0 spiro atoms. The minimum Gasteiger partial charge on any atom is -0.317 e. The first-order valence-electron chi connectivity index (χ1n) is 7.40. The lowest BCUT2D eigenvalue weighted by atomic mass is 9.69. The number of benzene rings is 2. The summed E-state index contributed by atoms with van der Waals surface area (Å²) < 4.78 is 0. The van der Waals surface area contributed by atoms with Gasteiger partial charge >= 0.3 is 0 Å². The summed E-state index contributed by atoms with van der Waals surface area (Å²) in [5.74, 6) is 0.0492. The lowest BCUT2D eigenvalue weighted by molar-refractivity contribution is 0.102. The normalized spacial score (nSPS) is 19.2. The van der Waals surface area contributed by atoms with Crippen LogP contribution in [0.25, 0.3) is 0 Å². The quantitative estimate of drug-likeness (QED) is 0.871. The van der Waals surface area contributed by atoms with Crippen molar-refractivity contribution >= 4 is 5.78 Å². The highest BCUT2D eigenvalue weighted by molar-refractivity contribution is 6.14. The number of carbonyl (C=O) groups excluding carboxylic acids is 1. The van der Waals surface area contributed by atoms with Gasteiger partial charge in [-0.15, -0.1) is 13.2 Å². The van der Waals surface area contributed by atoms with E-state index in [0.717, 1.165) is 22.3 Å². The Kier molecular flexibility index (Phi) is 3.55.